The Hall–Kier alpha value is -0.610. The van der Waals surface area contributed by atoms with Crippen LogP contribution >= 0.6 is 0 Å². The molecule has 2 fully saturated rings. The van der Waals surface area contributed by atoms with E-state index in [2.05, 4.69) is 24.1 Å². The third-order valence-corrected chi connectivity index (χ3v) is 4.83. The molecule has 0 spiro atoms. The lowest BCUT2D eigenvalue weighted by Crippen LogP contribution is -2.51. The molecule has 0 aromatic rings. The summed E-state index contributed by atoms with van der Waals surface area (Å²) < 4.78 is 0. The predicted molar refractivity (Wildman–Crippen MR) is 80.9 cm³/mol. The van der Waals surface area contributed by atoms with E-state index >= 15 is 0 Å². The van der Waals surface area contributed by atoms with E-state index in [1.165, 1.54) is 19.4 Å². The van der Waals surface area contributed by atoms with E-state index in [1.807, 2.05) is 0 Å². The summed E-state index contributed by atoms with van der Waals surface area (Å²) in [5.74, 6) is 0.223. The summed E-state index contributed by atoms with van der Waals surface area (Å²) in [6.07, 6.45) is 7.45. The normalized spacial score (nSPS) is 30.1. The minimum atomic E-state index is -0.670. The lowest BCUT2D eigenvalue weighted by atomic mass is 9.97. The van der Waals surface area contributed by atoms with Gasteiger partial charge in [-0.05, 0) is 64.0 Å². The number of carbonyl (C=O) groups is 1. The first-order valence-electron chi connectivity index (χ1n) is 8.33. The SMILES string of the molecule is CCCNC1(C(=O)O)CCC(N(CCC)CC2CC2)C1. The Morgan fingerprint density at radius 1 is 1.30 bits per heavy atom. The summed E-state index contributed by atoms with van der Waals surface area (Å²) >= 11 is 0. The van der Waals surface area contributed by atoms with Crippen LogP contribution in [0.5, 0.6) is 0 Å². The predicted octanol–water partition coefficient (Wildman–Crippen LogP) is 2.48. The van der Waals surface area contributed by atoms with Crippen LogP contribution in [-0.2, 0) is 4.79 Å². The van der Waals surface area contributed by atoms with E-state index in [-0.39, 0.29) is 0 Å². The molecule has 0 aromatic heterocycles. The van der Waals surface area contributed by atoms with Crippen LogP contribution in [0.2, 0.25) is 0 Å². The molecule has 2 aliphatic carbocycles. The van der Waals surface area contributed by atoms with Gasteiger partial charge in [0.15, 0.2) is 0 Å². The number of nitrogens with one attached hydrogen (secondary N) is 1. The fourth-order valence-electron chi connectivity index (χ4n) is 3.47. The van der Waals surface area contributed by atoms with Gasteiger partial charge in [0, 0.05) is 12.6 Å². The van der Waals surface area contributed by atoms with Gasteiger partial charge in [0.05, 0.1) is 0 Å². The van der Waals surface area contributed by atoms with Gasteiger partial charge in [0.25, 0.3) is 0 Å². The van der Waals surface area contributed by atoms with Crippen molar-refractivity contribution in [1.82, 2.24) is 10.2 Å². The summed E-state index contributed by atoms with van der Waals surface area (Å²) in [7, 11) is 0. The van der Waals surface area contributed by atoms with Crippen molar-refractivity contribution in [2.45, 2.75) is 70.4 Å². The van der Waals surface area contributed by atoms with Gasteiger partial charge in [-0.25, -0.2) is 0 Å². The molecule has 0 bridgehead atoms. The van der Waals surface area contributed by atoms with Gasteiger partial charge in [0.1, 0.15) is 5.54 Å². The monoisotopic (exact) mass is 282 g/mol. The number of carboxylic acids is 1. The Kier molecular flexibility index (Phi) is 5.44. The zero-order valence-electron chi connectivity index (χ0n) is 13.0. The average molecular weight is 282 g/mol. The molecule has 20 heavy (non-hydrogen) atoms. The molecule has 4 heteroatoms. The van der Waals surface area contributed by atoms with Gasteiger partial charge in [-0.2, -0.15) is 0 Å². The molecule has 116 valence electrons. The molecule has 0 amide bonds. The Labute approximate surface area is 122 Å². The van der Waals surface area contributed by atoms with E-state index in [0.717, 1.165) is 51.1 Å². The van der Waals surface area contributed by atoms with Crippen LogP contribution in [0.25, 0.3) is 0 Å². The van der Waals surface area contributed by atoms with E-state index in [0.29, 0.717) is 6.04 Å². The van der Waals surface area contributed by atoms with Crippen LogP contribution in [0.1, 0.15) is 58.8 Å². The Morgan fingerprint density at radius 3 is 2.60 bits per heavy atom. The third-order valence-electron chi connectivity index (χ3n) is 4.83. The molecule has 0 heterocycles. The summed E-state index contributed by atoms with van der Waals surface area (Å²) in [5, 5.41) is 12.9. The molecule has 2 rings (SSSR count). The van der Waals surface area contributed by atoms with Crippen LogP contribution in [0.15, 0.2) is 0 Å². The van der Waals surface area contributed by atoms with Gasteiger partial charge >= 0.3 is 5.97 Å². The first-order chi connectivity index (χ1) is 9.61. The number of hydrogen-bond donors (Lipinski definition) is 2. The molecule has 0 aromatic carbocycles. The highest BCUT2D eigenvalue weighted by molar-refractivity contribution is 5.79. The zero-order valence-corrected chi connectivity index (χ0v) is 13.0. The highest BCUT2D eigenvalue weighted by Gasteiger charge is 2.46. The lowest BCUT2D eigenvalue weighted by Gasteiger charge is -2.31. The van der Waals surface area contributed by atoms with E-state index in [1.54, 1.807) is 0 Å². The van der Waals surface area contributed by atoms with Crippen molar-refractivity contribution in [3.63, 3.8) is 0 Å². The number of rotatable bonds is 9. The maximum Gasteiger partial charge on any atom is 0.323 e. The Bertz CT molecular complexity index is 330. The van der Waals surface area contributed by atoms with Crippen molar-refractivity contribution in [1.29, 1.82) is 0 Å². The maximum atomic E-state index is 11.7. The minimum Gasteiger partial charge on any atom is -0.480 e. The quantitative estimate of drug-likeness (QED) is 0.682. The van der Waals surface area contributed by atoms with E-state index in [4.69, 9.17) is 0 Å². The molecule has 2 aliphatic rings. The fourth-order valence-corrected chi connectivity index (χ4v) is 3.47. The van der Waals surface area contributed by atoms with Crippen molar-refractivity contribution < 1.29 is 9.90 Å². The minimum absolute atomic E-state index is 0.455. The first kappa shape index (κ1) is 15.8. The largest absolute Gasteiger partial charge is 0.480 e. The maximum absolute atomic E-state index is 11.7. The van der Waals surface area contributed by atoms with Crippen molar-refractivity contribution in [3.8, 4) is 0 Å². The van der Waals surface area contributed by atoms with Gasteiger partial charge in [0.2, 0.25) is 0 Å². The molecule has 2 atom stereocenters. The number of hydrogen-bond acceptors (Lipinski definition) is 3. The second-order valence-corrected chi connectivity index (χ2v) is 6.65. The second-order valence-electron chi connectivity index (χ2n) is 6.65. The Balaban J connectivity index is 1.97. The van der Waals surface area contributed by atoms with Crippen LogP contribution in [0.4, 0.5) is 0 Å². The van der Waals surface area contributed by atoms with Crippen molar-refractivity contribution >= 4 is 5.97 Å². The molecule has 2 unspecified atom stereocenters. The van der Waals surface area contributed by atoms with Crippen molar-refractivity contribution in [2.75, 3.05) is 19.6 Å². The smallest absolute Gasteiger partial charge is 0.323 e. The van der Waals surface area contributed by atoms with E-state index in [9.17, 15) is 9.90 Å². The van der Waals surface area contributed by atoms with Gasteiger partial charge in [-0.15, -0.1) is 0 Å². The van der Waals surface area contributed by atoms with Crippen molar-refractivity contribution in [3.05, 3.63) is 0 Å². The molecular formula is C16H30N2O2. The van der Waals surface area contributed by atoms with Crippen molar-refractivity contribution in [2.24, 2.45) is 5.92 Å². The molecule has 0 radical (unpaired) electrons. The summed E-state index contributed by atoms with van der Waals surface area (Å²) in [5.41, 5.74) is -0.670. The summed E-state index contributed by atoms with van der Waals surface area (Å²) in [6, 6.07) is 0.455. The summed E-state index contributed by atoms with van der Waals surface area (Å²) in [6.45, 7) is 7.40. The highest BCUT2D eigenvalue weighted by atomic mass is 16.4. The van der Waals surface area contributed by atoms with Crippen LogP contribution < -0.4 is 5.32 Å². The first-order valence-corrected chi connectivity index (χ1v) is 8.33. The lowest BCUT2D eigenvalue weighted by molar-refractivity contribution is -0.144. The summed E-state index contributed by atoms with van der Waals surface area (Å²) in [4.78, 5) is 14.3. The highest BCUT2D eigenvalue weighted by Crippen LogP contribution is 2.37. The van der Waals surface area contributed by atoms with E-state index < -0.39 is 11.5 Å². The number of carboxylic acid groups (broad SMARTS) is 1. The molecular weight excluding hydrogens is 252 g/mol. The van der Waals surface area contributed by atoms with Crippen LogP contribution in [-0.4, -0.2) is 47.2 Å². The molecule has 4 nitrogen and oxygen atoms in total. The topological polar surface area (TPSA) is 52.6 Å². The van der Waals surface area contributed by atoms with Gasteiger partial charge in [-0.3, -0.25) is 4.79 Å². The molecule has 0 saturated heterocycles. The average Bonchev–Trinajstić information content (AvgIpc) is 3.13. The fraction of sp³-hybridized carbons (Fsp3) is 0.938. The number of nitrogens with zero attached hydrogens (tertiary/aromatic N) is 1. The molecule has 2 saturated carbocycles. The molecule has 0 aliphatic heterocycles. The Morgan fingerprint density at radius 2 is 2.05 bits per heavy atom. The van der Waals surface area contributed by atoms with Gasteiger partial charge in [-0.1, -0.05) is 13.8 Å². The van der Waals surface area contributed by atoms with Gasteiger partial charge < -0.3 is 15.3 Å². The van der Waals surface area contributed by atoms with Crippen LogP contribution in [0.3, 0.4) is 0 Å². The molecule has 2 N–H and O–H groups in total. The standard InChI is InChI=1S/C16H30N2O2/c1-3-9-17-16(15(19)20)8-7-14(11-16)18(10-4-2)12-13-5-6-13/h13-14,17H,3-12H2,1-2H3,(H,19,20). The van der Waals surface area contributed by atoms with Crippen LogP contribution in [0, 0.1) is 5.92 Å². The zero-order chi connectivity index (χ0) is 14.6. The second kappa shape index (κ2) is 6.90. The third kappa shape index (κ3) is 3.73. The number of aliphatic carboxylic acids is 1.